The van der Waals surface area contributed by atoms with Gasteiger partial charge in [0.15, 0.2) is 0 Å². The van der Waals surface area contributed by atoms with E-state index in [0.717, 1.165) is 12.8 Å². The van der Waals surface area contributed by atoms with Crippen LogP contribution in [0.3, 0.4) is 0 Å². The molecule has 0 spiro atoms. The second-order valence-electron chi connectivity index (χ2n) is 2.75. The summed E-state index contributed by atoms with van der Waals surface area (Å²) in [5, 5.41) is 8.99. The van der Waals surface area contributed by atoms with Gasteiger partial charge in [-0.2, -0.15) is 0 Å². The zero-order valence-electron chi connectivity index (χ0n) is 6.70. The van der Waals surface area contributed by atoms with E-state index in [9.17, 15) is 0 Å². The van der Waals surface area contributed by atoms with Gasteiger partial charge < -0.3 is 5.11 Å². The highest BCUT2D eigenvalue weighted by molar-refractivity contribution is 5.08. The lowest BCUT2D eigenvalue weighted by molar-refractivity contribution is 0.185. The number of aliphatic hydroxyl groups is 1. The van der Waals surface area contributed by atoms with Crippen LogP contribution in [0.25, 0.3) is 0 Å². The minimum atomic E-state index is -0.213. The fraction of sp³-hybridized carbons (Fsp3) is 0.444. The molecule has 0 aliphatic heterocycles. The van der Waals surface area contributed by atoms with Gasteiger partial charge in [0.2, 0.25) is 0 Å². The Morgan fingerprint density at radius 3 is 3.00 bits per heavy atom. The van der Waals surface area contributed by atoms with E-state index in [2.05, 4.69) is 4.98 Å². The molecule has 0 bridgehead atoms. The maximum Gasteiger partial charge on any atom is 0.0515 e. The standard InChI is InChI=1S/C9H13NO/c1-8(11)4-5-9-3-2-6-10-7-9/h2-3,6-8,11H,4-5H2,1H3. The van der Waals surface area contributed by atoms with Crippen molar-refractivity contribution in [3.8, 4) is 0 Å². The molecule has 1 rings (SSSR count). The second kappa shape index (κ2) is 4.09. The third-order valence-electron chi connectivity index (χ3n) is 1.57. The van der Waals surface area contributed by atoms with Crippen molar-refractivity contribution < 1.29 is 5.11 Å². The smallest absolute Gasteiger partial charge is 0.0515 e. The van der Waals surface area contributed by atoms with E-state index in [-0.39, 0.29) is 6.10 Å². The Labute approximate surface area is 66.9 Å². The van der Waals surface area contributed by atoms with Crippen molar-refractivity contribution >= 4 is 0 Å². The van der Waals surface area contributed by atoms with Gasteiger partial charge in [-0.1, -0.05) is 6.07 Å². The first-order valence-electron chi connectivity index (χ1n) is 3.86. The topological polar surface area (TPSA) is 33.1 Å². The van der Waals surface area contributed by atoms with Crippen molar-refractivity contribution in [1.29, 1.82) is 0 Å². The summed E-state index contributed by atoms with van der Waals surface area (Å²) in [6.45, 7) is 1.80. The van der Waals surface area contributed by atoms with Gasteiger partial charge in [-0.25, -0.2) is 0 Å². The van der Waals surface area contributed by atoms with Gasteiger partial charge in [0.25, 0.3) is 0 Å². The Morgan fingerprint density at radius 1 is 1.64 bits per heavy atom. The molecule has 11 heavy (non-hydrogen) atoms. The number of nitrogens with zero attached hydrogens (tertiary/aromatic N) is 1. The Kier molecular flexibility index (Phi) is 3.05. The number of hydrogen-bond acceptors (Lipinski definition) is 2. The zero-order valence-corrected chi connectivity index (χ0v) is 6.70. The molecule has 1 N–H and O–H groups in total. The van der Waals surface area contributed by atoms with Crippen LogP contribution >= 0.6 is 0 Å². The average Bonchev–Trinajstić information content (AvgIpc) is 2.03. The minimum Gasteiger partial charge on any atom is -0.393 e. The third kappa shape index (κ3) is 3.14. The van der Waals surface area contributed by atoms with E-state index >= 15 is 0 Å². The molecule has 0 aliphatic carbocycles. The van der Waals surface area contributed by atoms with Gasteiger partial charge in [-0.15, -0.1) is 0 Å². The molecule has 0 aliphatic rings. The van der Waals surface area contributed by atoms with Crippen molar-refractivity contribution in [2.75, 3.05) is 0 Å². The van der Waals surface area contributed by atoms with Gasteiger partial charge in [-0.05, 0) is 31.4 Å². The molecular weight excluding hydrogens is 138 g/mol. The highest BCUT2D eigenvalue weighted by Gasteiger charge is 1.96. The van der Waals surface area contributed by atoms with Crippen LogP contribution in [0.15, 0.2) is 24.5 Å². The van der Waals surface area contributed by atoms with Crippen LogP contribution in [0.4, 0.5) is 0 Å². The zero-order chi connectivity index (χ0) is 8.10. The summed E-state index contributed by atoms with van der Waals surface area (Å²) >= 11 is 0. The maximum atomic E-state index is 8.99. The minimum absolute atomic E-state index is 0.213. The SMILES string of the molecule is CC(O)CCc1cccnc1. The number of pyridine rings is 1. The van der Waals surface area contributed by atoms with E-state index in [0.29, 0.717) is 0 Å². The lowest BCUT2D eigenvalue weighted by atomic mass is 10.1. The van der Waals surface area contributed by atoms with E-state index in [4.69, 9.17) is 5.11 Å². The normalized spacial score (nSPS) is 12.9. The van der Waals surface area contributed by atoms with E-state index in [1.165, 1.54) is 5.56 Å². The Bertz CT molecular complexity index is 196. The van der Waals surface area contributed by atoms with E-state index in [1.807, 2.05) is 18.3 Å². The molecule has 0 radical (unpaired) electrons. The lowest BCUT2D eigenvalue weighted by Crippen LogP contribution is -2.01. The molecule has 0 aromatic carbocycles. The van der Waals surface area contributed by atoms with Crippen molar-refractivity contribution in [3.63, 3.8) is 0 Å². The maximum absolute atomic E-state index is 8.99. The van der Waals surface area contributed by atoms with Crippen molar-refractivity contribution in [2.24, 2.45) is 0 Å². The fourth-order valence-corrected chi connectivity index (χ4v) is 0.922. The first-order valence-corrected chi connectivity index (χ1v) is 3.86. The molecule has 0 saturated carbocycles. The Hall–Kier alpha value is -0.890. The molecule has 1 atom stereocenters. The van der Waals surface area contributed by atoms with Crippen LogP contribution in [-0.2, 0) is 6.42 Å². The Morgan fingerprint density at radius 2 is 2.45 bits per heavy atom. The average molecular weight is 151 g/mol. The number of rotatable bonds is 3. The van der Waals surface area contributed by atoms with E-state index < -0.39 is 0 Å². The molecule has 0 amide bonds. The summed E-state index contributed by atoms with van der Waals surface area (Å²) in [5.41, 5.74) is 1.19. The van der Waals surface area contributed by atoms with Crippen LogP contribution in [-0.4, -0.2) is 16.2 Å². The summed E-state index contributed by atoms with van der Waals surface area (Å²) in [6, 6.07) is 3.94. The van der Waals surface area contributed by atoms with Crippen LogP contribution in [0.1, 0.15) is 18.9 Å². The first-order chi connectivity index (χ1) is 5.29. The largest absolute Gasteiger partial charge is 0.393 e. The fourth-order valence-electron chi connectivity index (χ4n) is 0.922. The monoisotopic (exact) mass is 151 g/mol. The van der Waals surface area contributed by atoms with Crippen LogP contribution in [0, 0.1) is 0 Å². The molecule has 1 aromatic heterocycles. The van der Waals surface area contributed by atoms with Crippen LogP contribution in [0.5, 0.6) is 0 Å². The summed E-state index contributed by atoms with van der Waals surface area (Å²) in [5.74, 6) is 0. The van der Waals surface area contributed by atoms with Gasteiger partial charge in [-0.3, -0.25) is 4.98 Å². The summed E-state index contributed by atoms with van der Waals surface area (Å²) < 4.78 is 0. The summed E-state index contributed by atoms with van der Waals surface area (Å²) in [4.78, 5) is 3.98. The van der Waals surface area contributed by atoms with Gasteiger partial charge in [0, 0.05) is 12.4 Å². The number of aromatic nitrogens is 1. The molecule has 2 heteroatoms. The molecule has 0 fully saturated rings. The molecule has 2 nitrogen and oxygen atoms in total. The molecule has 0 saturated heterocycles. The van der Waals surface area contributed by atoms with Crippen molar-refractivity contribution in [3.05, 3.63) is 30.1 Å². The predicted octanol–water partition coefficient (Wildman–Crippen LogP) is 1.40. The molecule has 1 aromatic rings. The van der Waals surface area contributed by atoms with Crippen molar-refractivity contribution in [2.45, 2.75) is 25.9 Å². The molecule has 1 unspecified atom stereocenters. The van der Waals surface area contributed by atoms with Gasteiger partial charge in [0.05, 0.1) is 6.10 Å². The van der Waals surface area contributed by atoms with E-state index in [1.54, 1.807) is 13.1 Å². The van der Waals surface area contributed by atoms with Crippen LogP contribution < -0.4 is 0 Å². The highest BCUT2D eigenvalue weighted by Crippen LogP contribution is 2.02. The number of aryl methyl sites for hydroxylation is 1. The third-order valence-corrected chi connectivity index (χ3v) is 1.57. The highest BCUT2D eigenvalue weighted by atomic mass is 16.3. The lowest BCUT2D eigenvalue weighted by Gasteiger charge is -2.02. The quantitative estimate of drug-likeness (QED) is 0.708. The number of hydrogen-bond donors (Lipinski definition) is 1. The second-order valence-corrected chi connectivity index (χ2v) is 2.75. The molecule has 1 heterocycles. The Balaban J connectivity index is 2.39. The number of aliphatic hydroxyl groups excluding tert-OH is 1. The first kappa shape index (κ1) is 8.21. The molecular formula is C9H13NO. The summed E-state index contributed by atoms with van der Waals surface area (Å²) in [7, 11) is 0. The molecule has 60 valence electrons. The summed E-state index contributed by atoms with van der Waals surface area (Å²) in [6.07, 6.45) is 5.10. The van der Waals surface area contributed by atoms with Gasteiger partial charge in [0.1, 0.15) is 0 Å². The predicted molar refractivity (Wildman–Crippen MR) is 44.2 cm³/mol. The van der Waals surface area contributed by atoms with Crippen molar-refractivity contribution in [1.82, 2.24) is 4.98 Å². The van der Waals surface area contributed by atoms with Gasteiger partial charge >= 0.3 is 0 Å². The van der Waals surface area contributed by atoms with Crippen LogP contribution in [0.2, 0.25) is 0 Å².